The van der Waals surface area contributed by atoms with E-state index in [4.69, 9.17) is 16.3 Å². The van der Waals surface area contributed by atoms with Crippen LogP contribution in [0, 0.1) is 0 Å². The maximum absolute atomic E-state index is 5.96. The van der Waals surface area contributed by atoms with E-state index in [1.807, 2.05) is 48.5 Å². The van der Waals surface area contributed by atoms with Gasteiger partial charge in [-0.1, -0.05) is 54.1 Å². The van der Waals surface area contributed by atoms with Crippen LogP contribution in [0.2, 0.25) is 5.02 Å². The normalized spacial score (nSPS) is 10.4. The first-order valence-electron chi connectivity index (χ1n) is 6.77. The molecule has 3 aromatic carbocycles. The highest BCUT2D eigenvalue weighted by Gasteiger charge is 2.05. The van der Waals surface area contributed by atoms with Crippen molar-refractivity contribution in [1.29, 1.82) is 0 Å². The molecule has 0 N–H and O–H groups in total. The molecule has 0 fully saturated rings. The Bertz CT molecular complexity index is 733. The van der Waals surface area contributed by atoms with Crippen molar-refractivity contribution in [1.82, 2.24) is 0 Å². The van der Waals surface area contributed by atoms with Crippen molar-refractivity contribution in [2.75, 3.05) is 7.11 Å². The maximum Gasteiger partial charge on any atom is 0.120 e. The molecule has 21 heavy (non-hydrogen) atoms. The molecule has 0 aliphatic carbocycles. The second-order valence-corrected chi connectivity index (χ2v) is 5.26. The van der Waals surface area contributed by atoms with Crippen LogP contribution >= 0.6 is 11.6 Å². The number of hydrogen-bond acceptors (Lipinski definition) is 1. The molecule has 0 unspecified atom stereocenters. The van der Waals surface area contributed by atoms with Gasteiger partial charge in [-0.3, -0.25) is 0 Å². The first-order chi connectivity index (χ1) is 10.3. The highest BCUT2D eigenvalue weighted by molar-refractivity contribution is 6.30. The van der Waals surface area contributed by atoms with Crippen LogP contribution in [0.5, 0.6) is 5.75 Å². The fourth-order valence-electron chi connectivity index (χ4n) is 2.32. The highest BCUT2D eigenvalue weighted by Crippen LogP contribution is 2.31. The highest BCUT2D eigenvalue weighted by atomic mass is 35.5. The third-order valence-corrected chi connectivity index (χ3v) is 3.68. The Kier molecular flexibility index (Phi) is 3.94. The molecule has 0 aliphatic heterocycles. The van der Waals surface area contributed by atoms with E-state index in [-0.39, 0.29) is 0 Å². The van der Waals surface area contributed by atoms with Crippen molar-refractivity contribution in [2.24, 2.45) is 0 Å². The van der Waals surface area contributed by atoms with Crippen molar-refractivity contribution in [3.63, 3.8) is 0 Å². The molecule has 0 atom stereocenters. The maximum atomic E-state index is 5.96. The fraction of sp³-hybridized carbons (Fsp3) is 0.0526. The lowest BCUT2D eigenvalue weighted by Gasteiger charge is -2.10. The molecule has 0 bridgehead atoms. The largest absolute Gasteiger partial charge is 0.497 e. The van der Waals surface area contributed by atoms with E-state index in [1.165, 1.54) is 5.56 Å². The lowest BCUT2D eigenvalue weighted by atomic mass is 9.98. The molecule has 0 radical (unpaired) electrons. The molecule has 0 saturated heterocycles. The van der Waals surface area contributed by atoms with Crippen LogP contribution in [-0.4, -0.2) is 7.11 Å². The quantitative estimate of drug-likeness (QED) is 0.603. The summed E-state index contributed by atoms with van der Waals surface area (Å²) in [4.78, 5) is 0. The standard InChI is InChI=1S/C19H15ClO/c1-21-19-12-16(14-5-3-2-4-6-14)11-17(13-19)15-7-9-18(20)10-8-15/h2-13H,1H3. The molecule has 0 aromatic heterocycles. The monoisotopic (exact) mass is 294 g/mol. The summed E-state index contributed by atoms with van der Waals surface area (Å²) in [6.45, 7) is 0. The Morgan fingerprint density at radius 2 is 1.24 bits per heavy atom. The zero-order chi connectivity index (χ0) is 14.7. The smallest absolute Gasteiger partial charge is 0.120 e. The first kappa shape index (κ1) is 13.7. The Balaban J connectivity index is 2.11. The van der Waals surface area contributed by atoms with Crippen LogP contribution in [0.15, 0.2) is 72.8 Å². The summed E-state index contributed by atoms with van der Waals surface area (Å²) in [7, 11) is 1.69. The molecule has 3 aromatic rings. The average molecular weight is 295 g/mol. The summed E-state index contributed by atoms with van der Waals surface area (Å²) >= 11 is 5.96. The van der Waals surface area contributed by atoms with Crippen molar-refractivity contribution >= 4 is 11.6 Å². The number of methoxy groups -OCH3 is 1. The van der Waals surface area contributed by atoms with Crippen molar-refractivity contribution < 1.29 is 4.74 Å². The van der Waals surface area contributed by atoms with Gasteiger partial charge in [0.1, 0.15) is 5.75 Å². The number of halogens is 1. The molecule has 104 valence electrons. The minimum absolute atomic E-state index is 0.741. The van der Waals surface area contributed by atoms with Gasteiger partial charge in [0.15, 0.2) is 0 Å². The lowest BCUT2D eigenvalue weighted by Crippen LogP contribution is -1.87. The Morgan fingerprint density at radius 1 is 0.667 bits per heavy atom. The Labute approximate surface area is 129 Å². The molecule has 0 heterocycles. The summed E-state index contributed by atoms with van der Waals surface area (Å²) in [6, 6.07) is 24.4. The molecular weight excluding hydrogens is 280 g/mol. The number of rotatable bonds is 3. The van der Waals surface area contributed by atoms with E-state index in [2.05, 4.69) is 24.3 Å². The molecule has 0 amide bonds. The van der Waals surface area contributed by atoms with E-state index in [0.717, 1.165) is 27.5 Å². The third kappa shape index (κ3) is 3.09. The van der Waals surface area contributed by atoms with Gasteiger partial charge in [0.05, 0.1) is 7.11 Å². The van der Waals surface area contributed by atoms with Gasteiger partial charge in [0.2, 0.25) is 0 Å². The number of hydrogen-bond donors (Lipinski definition) is 0. The van der Waals surface area contributed by atoms with E-state index in [9.17, 15) is 0 Å². The van der Waals surface area contributed by atoms with E-state index in [0.29, 0.717) is 0 Å². The Morgan fingerprint density at radius 3 is 1.81 bits per heavy atom. The van der Waals surface area contributed by atoms with E-state index >= 15 is 0 Å². The van der Waals surface area contributed by atoms with Crippen molar-refractivity contribution in [3.8, 4) is 28.0 Å². The molecule has 0 saturated carbocycles. The van der Waals surface area contributed by atoms with Crippen LogP contribution in [0.4, 0.5) is 0 Å². The minimum Gasteiger partial charge on any atom is -0.497 e. The summed E-state index contributed by atoms with van der Waals surface area (Å²) in [5.74, 6) is 0.848. The van der Waals surface area contributed by atoms with Crippen LogP contribution in [-0.2, 0) is 0 Å². The van der Waals surface area contributed by atoms with Crippen molar-refractivity contribution in [2.45, 2.75) is 0 Å². The SMILES string of the molecule is COc1cc(-c2ccccc2)cc(-c2ccc(Cl)cc2)c1. The van der Waals surface area contributed by atoms with Crippen molar-refractivity contribution in [3.05, 3.63) is 77.8 Å². The minimum atomic E-state index is 0.741. The van der Waals surface area contributed by atoms with Gasteiger partial charge >= 0.3 is 0 Å². The van der Waals surface area contributed by atoms with Gasteiger partial charge in [-0.25, -0.2) is 0 Å². The van der Waals surface area contributed by atoms with Gasteiger partial charge in [0, 0.05) is 5.02 Å². The van der Waals surface area contributed by atoms with E-state index in [1.54, 1.807) is 7.11 Å². The topological polar surface area (TPSA) is 9.23 Å². The van der Waals surface area contributed by atoms with Crippen LogP contribution in [0.1, 0.15) is 0 Å². The summed E-state index contributed by atoms with van der Waals surface area (Å²) < 4.78 is 5.44. The molecule has 3 rings (SSSR count). The molecular formula is C19H15ClO. The summed E-state index contributed by atoms with van der Waals surface area (Å²) in [5.41, 5.74) is 4.55. The van der Waals surface area contributed by atoms with Gasteiger partial charge in [-0.05, 0) is 52.6 Å². The van der Waals surface area contributed by atoms with Gasteiger partial charge in [-0.2, -0.15) is 0 Å². The first-order valence-corrected chi connectivity index (χ1v) is 7.14. The zero-order valence-electron chi connectivity index (χ0n) is 11.7. The molecule has 1 nitrogen and oxygen atoms in total. The molecule has 0 aliphatic rings. The average Bonchev–Trinajstić information content (AvgIpc) is 2.56. The second kappa shape index (κ2) is 6.02. The zero-order valence-corrected chi connectivity index (χ0v) is 12.5. The molecule has 0 spiro atoms. The van der Waals surface area contributed by atoms with Crippen LogP contribution < -0.4 is 4.74 Å². The number of ether oxygens (including phenoxy) is 1. The van der Waals surface area contributed by atoms with E-state index < -0.39 is 0 Å². The third-order valence-electron chi connectivity index (χ3n) is 3.43. The second-order valence-electron chi connectivity index (χ2n) is 4.82. The van der Waals surface area contributed by atoms with Crippen LogP contribution in [0.25, 0.3) is 22.3 Å². The van der Waals surface area contributed by atoms with Gasteiger partial charge in [0.25, 0.3) is 0 Å². The molecule has 2 heteroatoms. The predicted octanol–water partition coefficient (Wildman–Crippen LogP) is 5.68. The fourth-order valence-corrected chi connectivity index (χ4v) is 2.45. The van der Waals surface area contributed by atoms with Crippen LogP contribution in [0.3, 0.4) is 0 Å². The summed E-state index contributed by atoms with van der Waals surface area (Å²) in [6.07, 6.45) is 0. The predicted molar refractivity (Wildman–Crippen MR) is 88.9 cm³/mol. The number of benzene rings is 3. The summed E-state index contributed by atoms with van der Waals surface area (Å²) in [5, 5.41) is 0.741. The van der Waals surface area contributed by atoms with Gasteiger partial charge in [-0.15, -0.1) is 0 Å². The van der Waals surface area contributed by atoms with Gasteiger partial charge < -0.3 is 4.74 Å². The lowest BCUT2D eigenvalue weighted by molar-refractivity contribution is 0.415. The Hall–Kier alpha value is -2.25.